The molecule has 5 nitrogen and oxygen atoms in total. The van der Waals surface area contributed by atoms with Crippen LogP contribution in [0.1, 0.15) is 39.2 Å². The van der Waals surface area contributed by atoms with E-state index in [4.69, 9.17) is 16.3 Å². The molecule has 0 radical (unpaired) electrons. The van der Waals surface area contributed by atoms with Crippen LogP contribution in [-0.2, 0) is 11.3 Å². The number of nitrogens with one attached hydrogen (secondary N) is 2. The average Bonchev–Trinajstić information content (AvgIpc) is 2.63. The zero-order valence-electron chi connectivity index (χ0n) is 17.8. The maximum Gasteiger partial charge on any atom is 0.191 e. The first-order valence-corrected chi connectivity index (χ1v) is 10.2. The molecule has 2 N–H and O–H groups in total. The Balaban J connectivity index is 0.00000392. The zero-order chi connectivity index (χ0) is 19.9. The summed E-state index contributed by atoms with van der Waals surface area (Å²) >= 11 is 5.97. The van der Waals surface area contributed by atoms with Gasteiger partial charge in [-0.05, 0) is 36.0 Å². The van der Waals surface area contributed by atoms with Gasteiger partial charge in [0.2, 0.25) is 0 Å². The number of hydrogen-bond donors (Lipinski definition) is 2. The summed E-state index contributed by atoms with van der Waals surface area (Å²) in [6.07, 6.45) is 2.36. The number of methoxy groups -OCH3 is 1. The largest absolute Gasteiger partial charge is 0.379 e. The summed E-state index contributed by atoms with van der Waals surface area (Å²) < 4.78 is 5.62. The predicted octanol–water partition coefficient (Wildman–Crippen LogP) is 4.15. The minimum absolute atomic E-state index is 0. The summed E-state index contributed by atoms with van der Waals surface area (Å²) in [7, 11) is 3.59. The minimum atomic E-state index is 0. The van der Waals surface area contributed by atoms with Gasteiger partial charge in [0, 0.05) is 51.4 Å². The van der Waals surface area contributed by atoms with Gasteiger partial charge in [-0.3, -0.25) is 9.89 Å². The molecule has 0 spiro atoms. The lowest BCUT2D eigenvalue weighted by atomic mass is 9.89. The van der Waals surface area contributed by atoms with Crippen LogP contribution >= 0.6 is 35.6 Å². The molecule has 0 bridgehead atoms. The average molecular weight is 523 g/mol. The SMILES string of the molecule is CN=C(NCC(OC)C(C)(C)C)NC1CCN(Cc2ccc(Cl)cc2)CC1.I. The lowest BCUT2D eigenvalue weighted by Gasteiger charge is -2.34. The molecule has 1 fully saturated rings. The third kappa shape index (κ3) is 8.43. The number of halogens is 2. The van der Waals surface area contributed by atoms with Gasteiger partial charge in [0.25, 0.3) is 0 Å². The van der Waals surface area contributed by atoms with E-state index in [2.05, 4.69) is 53.4 Å². The van der Waals surface area contributed by atoms with Crippen molar-refractivity contribution in [3.05, 3.63) is 34.9 Å². The molecule has 0 aromatic heterocycles. The second-order valence-electron chi connectivity index (χ2n) is 8.36. The molecule has 1 aromatic carbocycles. The zero-order valence-corrected chi connectivity index (χ0v) is 20.9. The van der Waals surface area contributed by atoms with E-state index in [9.17, 15) is 0 Å². The van der Waals surface area contributed by atoms with Crippen LogP contribution in [0.3, 0.4) is 0 Å². The van der Waals surface area contributed by atoms with Crippen LogP contribution in [0, 0.1) is 5.41 Å². The van der Waals surface area contributed by atoms with E-state index < -0.39 is 0 Å². The number of likely N-dealkylation sites (tertiary alicyclic amines) is 1. The van der Waals surface area contributed by atoms with Crippen LogP contribution in [0.15, 0.2) is 29.3 Å². The van der Waals surface area contributed by atoms with Gasteiger partial charge in [0.1, 0.15) is 0 Å². The molecule has 0 amide bonds. The lowest BCUT2D eigenvalue weighted by molar-refractivity contribution is 0.0204. The van der Waals surface area contributed by atoms with Crippen LogP contribution in [-0.4, -0.2) is 56.8 Å². The number of hydrogen-bond acceptors (Lipinski definition) is 3. The summed E-state index contributed by atoms with van der Waals surface area (Å²) in [5.41, 5.74) is 1.41. The molecule has 1 atom stereocenters. The molecule has 0 aliphatic carbocycles. The summed E-state index contributed by atoms with van der Waals surface area (Å²) in [5, 5.41) is 7.78. The molecule has 7 heteroatoms. The van der Waals surface area contributed by atoms with Crippen molar-refractivity contribution in [2.24, 2.45) is 10.4 Å². The highest BCUT2D eigenvalue weighted by molar-refractivity contribution is 14.0. The van der Waals surface area contributed by atoms with Crippen molar-refractivity contribution in [2.75, 3.05) is 33.8 Å². The lowest BCUT2D eigenvalue weighted by Crippen LogP contribution is -2.51. The molecule has 28 heavy (non-hydrogen) atoms. The van der Waals surface area contributed by atoms with Crippen LogP contribution in [0.25, 0.3) is 0 Å². The Morgan fingerprint density at radius 1 is 1.25 bits per heavy atom. The second kappa shape index (κ2) is 12.2. The molecule has 1 aromatic rings. The summed E-state index contributed by atoms with van der Waals surface area (Å²) in [4.78, 5) is 6.88. The smallest absolute Gasteiger partial charge is 0.191 e. The number of guanidine groups is 1. The summed E-state index contributed by atoms with van der Waals surface area (Å²) in [6, 6.07) is 8.60. The van der Waals surface area contributed by atoms with Gasteiger partial charge in [0.05, 0.1) is 6.10 Å². The third-order valence-corrected chi connectivity index (χ3v) is 5.43. The molecule has 0 saturated carbocycles. The van der Waals surface area contributed by atoms with Crippen LogP contribution in [0.4, 0.5) is 0 Å². The van der Waals surface area contributed by atoms with E-state index in [1.54, 1.807) is 7.11 Å². The number of piperidine rings is 1. The fourth-order valence-corrected chi connectivity index (χ4v) is 3.53. The standard InChI is InChI=1S/C21H35ClN4O.HI/c1-21(2,3)19(27-5)14-24-20(23-4)25-18-10-12-26(13-11-18)15-16-6-8-17(22)9-7-16;/h6-9,18-19H,10-15H2,1-5H3,(H2,23,24,25);1H. The first kappa shape index (κ1) is 25.5. The Morgan fingerprint density at radius 2 is 1.86 bits per heavy atom. The normalized spacial score (nSPS) is 17.7. The molecule has 1 unspecified atom stereocenters. The van der Waals surface area contributed by atoms with Gasteiger partial charge in [-0.25, -0.2) is 0 Å². The van der Waals surface area contributed by atoms with Crippen molar-refractivity contribution in [3.63, 3.8) is 0 Å². The fourth-order valence-electron chi connectivity index (χ4n) is 3.40. The highest BCUT2D eigenvalue weighted by Crippen LogP contribution is 2.21. The van der Waals surface area contributed by atoms with Crippen molar-refractivity contribution < 1.29 is 4.74 Å². The van der Waals surface area contributed by atoms with Gasteiger partial charge in [-0.15, -0.1) is 24.0 Å². The number of rotatable bonds is 6. The van der Waals surface area contributed by atoms with E-state index in [1.165, 1.54) is 5.56 Å². The van der Waals surface area contributed by atoms with Crippen LogP contribution in [0.5, 0.6) is 0 Å². The summed E-state index contributed by atoms with van der Waals surface area (Å²) in [5.74, 6) is 0.859. The first-order valence-electron chi connectivity index (χ1n) is 9.78. The fraction of sp³-hybridized carbons (Fsp3) is 0.667. The maximum atomic E-state index is 5.97. The first-order chi connectivity index (χ1) is 12.8. The van der Waals surface area contributed by atoms with E-state index >= 15 is 0 Å². The number of benzene rings is 1. The Labute approximate surface area is 192 Å². The number of nitrogens with zero attached hydrogens (tertiary/aromatic N) is 2. The highest BCUT2D eigenvalue weighted by atomic mass is 127. The predicted molar refractivity (Wildman–Crippen MR) is 130 cm³/mol. The molecule has 160 valence electrons. The van der Waals surface area contributed by atoms with Crippen molar-refractivity contribution in [1.29, 1.82) is 0 Å². The van der Waals surface area contributed by atoms with Crippen LogP contribution < -0.4 is 10.6 Å². The van der Waals surface area contributed by atoms with Crippen molar-refractivity contribution >= 4 is 41.5 Å². The minimum Gasteiger partial charge on any atom is -0.379 e. The van der Waals surface area contributed by atoms with E-state index in [1.807, 2.05) is 19.2 Å². The van der Waals surface area contributed by atoms with E-state index in [-0.39, 0.29) is 35.5 Å². The molecule has 1 aliphatic heterocycles. The van der Waals surface area contributed by atoms with Crippen molar-refractivity contribution in [2.45, 2.75) is 52.3 Å². The van der Waals surface area contributed by atoms with Gasteiger partial charge < -0.3 is 15.4 Å². The number of ether oxygens (including phenoxy) is 1. The molecule has 1 saturated heterocycles. The highest BCUT2D eigenvalue weighted by Gasteiger charge is 2.25. The maximum absolute atomic E-state index is 5.97. The Kier molecular flexibility index (Phi) is 11.1. The second-order valence-corrected chi connectivity index (χ2v) is 8.80. The number of aliphatic imine (C=N–C) groups is 1. The molecular weight excluding hydrogens is 487 g/mol. The Hall–Kier alpha value is -0.570. The Morgan fingerprint density at radius 3 is 2.36 bits per heavy atom. The molecule has 1 heterocycles. The summed E-state index contributed by atoms with van der Waals surface area (Å²) in [6.45, 7) is 10.5. The van der Waals surface area contributed by atoms with Crippen LogP contribution in [0.2, 0.25) is 5.02 Å². The van der Waals surface area contributed by atoms with Gasteiger partial charge in [-0.1, -0.05) is 44.5 Å². The Bertz CT molecular complexity index is 595. The molecular formula is C21H36ClIN4O. The molecule has 2 rings (SSSR count). The van der Waals surface area contributed by atoms with Gasteiger partial charge in [0.15, 0.2) is 5.96 Å². The monoisotopic (exact) mass is 522 g/mol. The van der Waals surface area contributed by atoms with E-state index in [0.717, 1.165) is 50.0 Å². The topological polar surface area (TPSA) is 48.9 Å². The van der Waals surface area contributed by atoms with Crippen molar-refractivity contribution in [3.8, 4) is 0 Å². The van der Waals surface area contributed by atoms with E-state index in [0.29, 0.717) is 6.04 Å². The van der Waals surface area contributed by atoms with Gasteiger partial charge >= 0.3 is 0 Å². The quantitative estimate of drug-likeness (QED) is 0.335. The van der Waals surface area contributed by atoms with Gasteiger partial charge in [-0.2, -0.15) is 0 Å². The van der Waals surface area contributed by atoms with Crippen molar-refractivity contribution in [1.82, 2.24) is 15.5 Å². The third-order valence-electron chi connectivity index (χ3n) is 5.18. The molecule has 1 aliphatic rings.